The van der Waals surface area contributed by atoms with Crippen LogP contribution in [0.2, 0.25) is 0 Å². The van der Waals surface area contributed by atoms with Crippen LogP contribution in [0.5, 0.6) is 0 Å². The van der Waals surface area contributed by atoms with Crippen LogP contribution in [0, 0.1) is 5.92 Å². The number of hydrogen-bond acceptors (Lipinski definition) is 5. The molecular formula is C21H31N3O4S. The predicted molar refractivity (Wildman–Crippen MR) is 111 cm³/mol. The number of carbonyl (C=O) groups excluding carboxylic acids is 2. The van der Waals surface area contributed by atoms with Crippen molar-refractivity contribution < 1.29 is 18.0 Å². The summed E-state index contributed by atoms with van der Waals surface area (Å²) in [6, 6.07) is 6.97. The lowest BCUT2D eigenvalue weighted by atomic mass is 9.97. The number of piperidine rings is 1. The van der Waals surface area contributed by atoms with Gasteiger partial charge in [-0.3, -0.25) is 14.5 Å². The second-order valence-corrected chi connectivity index (χ2v) is 10.2. The zero-order valence-corrected chi connectivity index (χ0v) is 18.2. The van der Waals surface area contributed by atoms with Crippen molar-refractivity contribution in [3.05, 3.63) is 29.8 Å². The van der Waals surface area contributed by atoms with Gasteiger partial charge in [0.05, 0.1) is 4.90 Å². The van der Waals surface area contributed by atoms with Gasteiger partial charge in [-0.1, -0.05) is 12.1 Å². The number of likely N-dealkylation sites (N-methyl/N-ethyl adjacent to an activating group) is 1. The summed E-state index contributed by atoms with van der Waals surface area (Å²) in [6.07, 6.45) is 3.51. The molecule has 2 fully saturated rings. The standard InChI is InChI=1S/C21H31N3O4S/c1-15(23(3)19-6-7-19)14-22-21(26)18-10-12-24(13-11-18)29(27,28)20-8-4-17(5-9-20)16(2)25/h4-5,8-9,15,18-19H,6-7,10-14H2,1-3H3,(H,22,26). The molecule has 1 saturated carbocycles. The van der Waals surface area contributed by atoms with Crippen molar-refractivity contribution in [1.82, 2.24) is 14.5 Å². The number of rotatable bonds is 8. The van der Waals surface area contributed by atoms with Gasteiger partial charge in [-0.25, -0.2) is 8.42 Å². The molecule has 8 heteroatoms. The summed E-state index contributed by atoms with van der Waals surface area (Å²) in [5.41, 5.74) is 0.487. The third-order valence-corrected chi connectivity index (χ3v) is 8.03. The van der Waals surface area contributed by atoms with Crippen molar-refractivity contribution in [2.24, 2.45) is 5.92 Å². The normalized spacial score (nSPS) is 19.9. The van der Waals surface area contributed by atoms with Gasteiger partial charge in [0, 0.05) is 43.2 Å². The quantitative estimate of drug-likeness (QED) is 0.648. The highest BCUT2D eigenvalue weighted by molar-refractivity contribution is 7.89. The number of amides is 1. The van der Waals surface area contributed by atoms with Gasteiger partial charge >= 0.3 is 0 Å². The van der Waals surface area contributed by atoms with Crippen LogP contribution in [0.1, 0.15) is 49.9 Å². The summed E-state index contributed by atoms with van der Waals surface area (Å²) in [5.74, 6) is -0.234. The Morgan fingerprint density at radius 2 is 1.72 bits per heavy atom. The van der Waals surface area contributed by atoms with Gasteiger partial charge in [0.2, 0.25) is 15.9 Å². The number of nitrogens with zero attached hydrogens (tertiary/aromatic N) is 2. The molecule has 2 aliphatic rings. The van der Waals surface area contributed by atoms with Crippen LogP contribution in [0.4, 0.5) is 0 Å². The monoisotopic (exact) mass is 421 g/mol. The van der Waals surface area contributed by atoms with Gasteiger partial charge in [0.25, 0.3) is 0 Å². The van der Waals surface area contributed by atoms with Crippen molar-refractivity contribution >= 4 is 21.7 Å². The van der Waals surface area contributed by atoms with Crippen molar-refractivity contribution in [2.75, 3.05) is 26.7 Å². The van der Waals surface area contributed by atoms with Crippen LogP contribution in [-0.2, 0) is 14.8 Å². The minimum Gasteiger partial charge on any atom is -0.354 e. The Bertz CT molecular complexity index is 841. The number of nitrogens with one attached hydrogen (secondary N) is 1. The van der Waals surface area contributed by atoms with E-state index in [0.29, 0.717) is 50.1 Å². The Morgan fingerprint density at radius 3 is 2.24 bits per heavy atom. The van der Waals surface area contributed by atoms with Crippen LogP contribution in [0.15, 0.2) is 29.2 Å². The molecule has 0 spiro atoms. The molecule has 0 aromatic heterocycles. The Labute approximate surface area is 173 Å². The van der Waals surface area contributed by atoms with Gasteiger partial charge < -0.3 is 5.32 Å². The zero-order valence-electron chi connectivity index (χ0n) is 17.4. The molecule has 1 amide bonds. The first-order valence-electron chi connectivity index (χ1n) is 10.3. The topological polar surface area (TPSA) is 86.8 Å². The average molecular weight is 422 g/mol. The Kier molecular flexibility index (Phi) is 6.76. The van der Waals surface area contributed by atoms with E-state index in [4.69, 9.17) is 0 Å². The number of benzene rings is 1. The molecule has 1 aromatic carbocycles. The maximum atomic E-state index is 12.8. The summed E-state index contributed by atoms with van der Waals surface area (Å²) >= 11 is 0. The van der Waals surface area contributed by atoms with Crippen LogP contribution >= 0.6 is 0 Å². The fourth-order valence-corrected chi connectivity index (χ4v) is 5.22. The fraction of sp³-hybridized carbons (Fsp3) is 0.619. The molecule has 1 heterocycles. The SMILES string of the molecule is CC(=O)c1ccc(S(=O)(=O)N2CCC(C(=O)NCC(C)N(C)C3CC3)CC2)cc1. The molecule has 1 saturated heterocycles. The molecule has 1 aliphatic heterocycles. The van der Waals surface area contributed by atoms with Gasteiger partial charge in [-0.15, -0.1) is 0 Å². The maximum absolute atomic E-state index is 12.8. The lowest BCUT2D eigenvalue weighted by Crippen LogP contribution is -2.46. The summed E-state index contributed by atoms with van der Waals surface area (Å²) in [4.78, 5) is 26.4. The highest BCUT2D eigenvalue weighted by Gasteiger charge is 2.33. The zero-order chi connectivity index (χ0) is 21.2. The van der Waals surface area contributed by atoms with Crippen LogP contribution in [0.3, 0.4) is 0 Å². The molecule has 1 atom stereocenters. The Balaban J connectivity index is 1.51. The number of Topliss-reactive ketones (excluding diaryl/α,β-unsaturated/α-hetero) is 1. The molecule has 1 aromatic rings. The number of hydrogen-bond donors (Lipinski definition) is 1. The third kappa shape index (κ3) is 5.24. The van der Waals surface area contributed by atoms with E-state index in [2.05, 4.69) is 24.2 Å². The van der Waals surface area contributed by atoms with Gasteiger partial charge in [0.15, 0.2) is 5.78 Å². The lowest BCUT2D eigenvalue weighted by Gasteiger charge is -2.31. The van der Waals surface area contributed by atoms with E-state index in [1.165, 1.54) is 48.3 Å². The minimum atomic E-state index is -3.61. The summed E-state index contributed by atoms with van der Waals surface area (Å²) in [5, 5.41) is 3.04. The fourth-order valence-electron chi connectivity index (χ4n) is 3.75. The van der Waals surface area contributed by atoms with E-state index >= 15 is 0 Å². The smallest absolute Gasteiger partial charge is 0.243 e. The molecule has 160 valence electrons. The molecule has 0 bridgehead atoms. The first-order chi connectivity index (χ1) is 13.7. The summed E-state index contributed by atoms with van der Waals surface area (Å²) in [7, 11) is -1.51. The number of carbonyl (C=O) groups is 2. The average Bonchev–Trinajstić information content (AvgIpc) is 3.56. The molecule has 1 aliphatic carbocycles. The van der Waals surface area contributed by atoms with Gasteiger partial charge in [-0.05, 0) is 58.7 Å². The van der Waals surface area contributed by atoms with Crippen molar-refractivity contribution in [3.8, 4) is 0 Å². The predicted octanol–water partition coefficient (Wildman–Crippen LogP) is 1.89. The van der Waals surface area contributed by atoms with E-state index in [9.17, 15) is 18.0 Å². The number of sulfonamides is 1. The highest BCUT2D eigenvalue weighted by Crippen LogP contribution is 2.27. The molecule has 0 radical (unpaired) electrons. The van der Waals surface area contributed by atoms with E-state index in [-0.39, 0.29) is 22.5 Å². The molecule has 1 unspecified atom stereocenters. The molecule has 3 rings (SSSR count). The molecule has 7 nitrogen and oxygen atoms in total. The maximum Gasteiger partial charge on any atom is 0.243 e. The highest BCUT2D eigenvalue weighted by atomic mass is 32.2. The molecule has 29 heavy (non-hydrogen) atoms. The lowest BCUT2D eigenvalue weighted by molar-refractivity contribution is -0.126. The van der Waals surface area contributed by atoms with Crippen LogP contribution < -0.4 is 5.32 Å². The van der Waals surface area contributed by atoms with E-state index < -0.39 is 10.0 Å². The van der Waals surface area contributed by atoms with Crippen molar-refractivity contribution in [1.29, 1.82) is 0 Å². The van der Waals surface area contributed by atoms with Crippen LogP contribution in [0.25, 0.3) is 0 Å². The third-order valence-electron chi connectivity index (χ3n) is 6.11. The minimum absolute atomic E-state index is 0.0175. The number of ketones is 1. The van der Waals surface area contributed by atoms with E-state index in [1.807, 2.05) is 0 Å². The van der Waals surface area contributed by atoms with E-state index in [1.54, 1.807) is 0 Å². The Hall–Kier alpha value is -1.77. The van der Waals surface area contributed by atoms with E-state index in [0.717, 1.165) is 0 Å². The second-order valence-electron chi connectivity index (χ2n) is 8.25. The summed E-state index contributed by atoms with van der Waals surface area (Å²) < 4.78 is 27.1. The summed E-state index contributed by atoms with van der Waals surface area (Å²) in [6.45, 7) is 4.83. The second kappa shape index (κ2) is 8.93. The Morgan fingerprint density at radius 1 is 1.14 bits per heavy atom. The van der Waals surface area contributed by atoms with Gasteiger partial charge in [-0.2, -0.15) is 4.31 Å². The first kappa shape index (κ1) is 21.9. The largest absolute Gasteiger partial charge is 0.354 e. The first-order valence-corrected chi connectivity index (χ1v) is 11.7. The molecule has 1 N–H and O–H groups in total. The van der Waals surface area contributed by atoms with Crippen LogP contribution in [-0.4, -0.2) is 68.1 Å². The molecular weight excluding hydrogens is 390 g/mol. The van der Waals surface area contributed by atoms with Crippen molar-refractivity contribution in [3.63, 3.8) is 0 Å². The van der Waals surface area contributed by atoms with Crippen molar-refractivity contribution in [2.45, 2.75) is 56.5 Å². The van der Waals surface area contributed by atoms with Gasteiger partial charge in [0.1, 0.15) is 0 Å².